The van der Waals surface area contributed by atoms with Crippen molar-refractivity contribution < 1.29 is 31.4 Å². The molecule has 0 spiro atoms. The molecule has 0 saturated heterocycles. The van der Waals surface area contributed by atoms with Gasteiger partial charge >= 0.3 is 6.18 Å². The smallest absolute Gasteiger partial charge is 0.416 e. The maximum atomic E-state index is 12.7. The van der Waals surface area contributed by atoms with Gasteiger partial charge in [0.25, 0.3) is 10.0 Å². The molecule has 0 aliphatic rings. The van der Waals surface area contributed by atoms with Crippen LogP contribution in [0.1, 0.15) is 5.56 Å². The second kappa shape index (κ2) is 8.67. The summed E-state index contributed by atoms with van der Waals surface area (Å²) in [5.41, 5.74) is -0.202. The zero-order valence-corrected chi connectivity index (χ0v) is 16.1. The van der Waals surface area contributed by atoms with Crippen molar-refractivity contribution in [2.45, 2.75) is 11.1 Å². The molecule has 0 saturated carbocycles. The molecule has 11 heteroatoms. The third-order valence-corrected chi connectivity index (χ3v) is 5.28. The van der Waals surface area contributed by atoms with E-state index >= 15 is 0 Å². The number of aliphatic hydroxyl groups is 1. The van der Waals surface area contributed by atoms with Crippen molar-refractivity contribution in [2.24, 2.45) is 0 Å². The molecule has 0 atom stereocenters. The molecule has 0 aliphatic heterocycles. The Morgan fingerprint density at radius 2 is 1.67 bits per heavy atom. The fraction of sp³-hybridized carbons (Fsp3) is 0.158. The lowest BCUT2D eigenvalue weighted by molar-refractivity contribution is -0.137. The van der Waals surface area contributed by atoms with E-state index in [1.54, 1.807) is 30.3 Å². The van der Waals surface area contributed by atoms with Gasteiger partial charge in [-0.1, -0.05) is 30.3 Å². The van der Waals surface area contributed by atoms with Crippen LogP contribution in [-0.2, 0) is 16.2 Å². The van der Waals surface area contributed by atoms with Crippen molar-refractivity contribution in [1.29, 1.82) is 0 Å². The summed E-state index contributed by atoms with van der Waals surface area (Å²) in [5.74, 6) is -0.0839. The van der Waals surface area contributed by atoms with E-state index in [9.17, 15) is 21.6 Å². The number of aliphatic hydroxyl groups excluding tert-OH is 1. The Hall–Kier alpha value is -3.18. The van der Waals surface area contributed by atoms with Crippen LogP contribution in [0.5, 0.6) is 5.88 Å². The van der Waals surface area contributed by atoms with Gasteiger partial charge in [0.1, 0.15) is 12.9 Å². The van der Waals surface area contributed by atoms with Gasteiger partial charge in [-0.05, 0) is 29.8 Å². The van der Waals surface area contributed by atoms with E-state index < -0.39 is 21.8 Å². The molecular formula is C19H16F3N3O4S. The summed E-state index contributed by atoms with van der Waals surface area (Å²) in [6.07, 6.45) is -3.51. The van der Waals surface area contributed by atoms with Gasteiger partial charge in [-0.25, -0.2) is 18.4 Å². The van der Waals surface area contributed by atoms with E-state index in [-0.39, 0.29) is 35.4 Å². The molecule has 0 radical (unpaired) electrons. The maximum Gasteiger partial charge on any atom is 0.416 e. The first-order valence-electron chi connectivity index (χ1n) is 8.56. The van der Waals surface area contributed by atoms with Gasteiger partial charge in [0.15, 0.2) is 5.82 Å². The molecule has 0 fully saturated rings. The van der Waals surface area contributed by atoms with Crippen LogP contribution >= 0.6 is 0 Å². The van der Waals surface area contributed by atoms with E-state index in [1.807, 2.05) is 0 Å². The van der Waals surface area contributed by atoms with Crippen LogP contribution < -0.4 is 9.46 Å². The average Bonchev–Trinajstić information content (AvgIpc) is 2.72. The van der Waals surface area contributed by atoms with Gasteiger partial charge < -0.3 is 9.84 Å². The van der Waals surface area contributed by atoms with Crippen molar-refractivity contribution in [3.05, 3.63) is 66.5 Å². The van der Waals surface area contributed by atoms with E-state index in [0.29, 0.717) is 17.7 Å². The van der Waals surface area contributed by atoms with Gasteiger partial charge in [-0.3, -0.25) is 4.72 Å². The van der Waals surface area contributed by atoms with Crippen LogP contribution in [-0.4, -0.2) is 36.7 Å². The molecule has 3 rings (SSSR count). The molecule has 30 heavy (non-hydrogen) atoms. The minimum atomic E-state index is -4.58. The van der Waals surface area contributed by atoms with Crippen molar-refractivity contribution in [3.8, 4) is 17.0 Å². The highest BCUT2D eigenvalue weighted by molar-refractivity contribution is 7.92. The third-order valence-electron chi connectivity index (χ3n) is 3.93. The zero-order valence-electron chi connectivity index (χ0n) is 15.3. The number of hydrogen-bond acceptors (Lipinski definition) is 6. The van der Waals surface area contributed by atoms with Gasteiger partial charge in [0, 0.05) is 0 Å². The van der Waals surface area contributed by atoms with Crippen LogP contribution in [0.4, 0.5) is 19.0 Å². The molecule has 2 N–H and O–H groups in total. The third kappa shape index (κ3) is 4.86. The van der Waals surface area contributed by atoms with Gasteiger partial charge in [0.05, 0.1) is 22.6 Å². The largest absolute Gasteiger partial charge is 0.475 e. The second-order valence-electron chi connectivity index (χ2n) is 5.97. The van der Waals surface area contributed by atoms with Crippen molar-refractivity contribution in [1.82, 2.24) is 9.97 Å². The Morgan fingerprint density at radius 3 is 2.27 bits per heavy atom. The first-order chi connectivity index (χ1) is 14.2. The number of ether oxygens (including phenoxy) is 1. The minimum absolute atomic E-state index is 0.0374. The number of halogens is 3. The van der Waals surface area contributed by atoms with Crippen LogP contribution in [0.15, 0.2) is 65.8 Å². The lowest BCUT2D eigenvalue weighted by Crippen LogP contribution is -2.16. The highest BCUT2D eigenvalue weighted by atomic mass is 32.2. The summed E-state index contributed by atoms with van der Waals surface area (Å²) in [6, 6.07) is 11.6. The number of nitrogens with one attached hydrogen (secondary N) is 1. The Kier molecular flexibility index (Phi) is 6.22. The monoisotopic (exact) mass is 439 g/mol. The summed E-state index contributed by atoms with van der Waals surface area (Å²) >= 11 is 0. The number of nitrogens with zero attached hydrogens (tertiary/aromatic N) is 2. The topological polar surface area (TPSA) is 101 Å². The predicted octanol–water partition coefficient (Wildman–Crippen LogP) is 3.33. The van der Waals surface area contributed by atoms with Crippen molar-refractivity contribution in [3.63, 3.8) is 0 Å². The number of alkyl halides is 3. The molecule has 1 aromatic heterocycles. The van der Waals surface area contributed by atoms with Crippen LogP contribution in [0.3, 0.4) is 0 Å². The second-order valence-corrected chi connectivity index (χ2v) is 7.65. The molecule has 0 bridgehead atoms. The van der Waals surface area contributed by atoms with Crippen molar-refractivity contribution in [2.75, 3.05) is 17.9 Å². The van der Waals surface area contributed by atoms with Crippen LogP contribution in [0.25, 0.3) is 11.1 Å². The number of anilines is 1. The fourth-order valence-corrected chi connectivity index (χ4v) is 3.59. The number of sulfonamides is 1. The van der Waals surface area contributed by atoms with E-state index in [4.69, 9.17) is 9.84 Å². The van der Waals surface area contributed by atoms with Gasteiger partial charge in [0.2, 0.25) is 5.88 Å². The van der Waals surface area contributed by atoms with E-state index in [0.717, 1.165) is 18.5 Å². The molecule has 0 amide bonds. The van der Waals surface area contributed by atoms with Crippen LogP contribution in [0, 0.1) is 0 Å². The Morgan fingerprint density at radius 1 is 1.00 bits per heavy atom. The lowest BCUT2D eigenvalue weighted by Gasteiger charge is -2.15. The van der Waals surface area contributed by atoms with Crippen LogP contribution in [0.2, 0.25) is 0 Å². The van der Waals surface area contributed by atoms with Crippen molar-refractivity contribution >= 4 is 15.8 Å². The fourth-order valence-electron chi connectivity index (χ4n) is 2.57. The number of rotatable bonds is 7. The van der Waals surface area contributed by atoms with E-state index in [1.165, 1.54) is 0 Å². The zero-order chi connectivity index (χ0) is 21.8. The highest BCUT2D eigenvalue weighted by Crippen LogP contribution is 2.35. The molecule has 0 unspecified atom stereocenters. The molecular weight excluding hydrogens is 423 g/mol. The molecule has 1 heterocycles. The lowest BCUT2D eigenvalue weighted by atomic mass is 10.1. The summed E-state index contributed by atoms with van der Waals surface area (Å²) in [6.45, 7) is -0.368. The summed E-state index contributed by atoms with van der Waals surface area (Å²) in [5, 5.41) is 9.01. The number of benzene rings is 2. The maximum absolute atomic E-state index is 12.7. The van der Waals surface area contributed by atoms with E-state index in [2.05, 4.69) is 14.7 Å². The van der Waals surface area contributed by atoms with Gasteiger partial charge in [-0.15, -0.1) is 0 Å². The first-order valence-corrected chi connectivity index (χ1v) is 10.0. The number of hydrogen-bond donors (Lipinski definition) is 2. The molecule has 0 aliphatic carbocycles. The normalized spacial score (nSPS) is 11.9. The summed E-state index contributed by atoms with van der Waals surface area (Å²) in [7, 11) is -4.26. The highest BCUT2D eigenvalue weighted by Gasteiger charge is 2.31. The Balaban J connectivity index is 2.01. The standard InChI is InChI=1S/C19H16F3N3O4S/c20-19(21,22)14-6-8-15(9-7-14)30(27,28)25-17-16(13-4-2-1-3-5-13)18(24-12-23-17)29-11-10-26/h1-9,12,26H,10-11H2,(H,23,24,25). The molecule has 3 aromatic rings. The quantitative estimate of drug-likeness (QED) is 0.586. The Labute approximate surface area is 170 Å². The molecule has 7 nitrogen and oxygen atoms in total. The summed E-state index contributed by atoms with van der Waals surface area (Å²) in [4.78, 5) is 7.59. The SMILES string of the molecule is O=S(=O)(Nc1ncnc(OCCO)c1-c1ccccc1)c1ccc(C(F)(F)F)cc1. The average molecular weight is 439 g/mol. The Bertz CT molecular complexity index is 1110. The first kappa shape index (κ1) is 21.5. The molecule has 158 valence electrons. The molecule has 2 aromatic carbocycles. The summed E-state index contributed by atoms with van der Waals surface area (Å²) < 4.78 is 71.4. The number of aromatic nitrogens is 2. The minimum Gasteiger partial charge on any atom is -0.475 e. The predicted molar refractivity (Wildman–Crippen MR) is 102 cm³/mol. The van der Waals surface area contributed by atoms with Gasteiger partial charge in [-0.2, -0.15) is 13.2 Å².